The Morgan fingerprint density at radius 2 is 2.05 bits per heavy atom. The third kappa shape index (κ3) is 6.19. The van der Waals surface area contributed by atoms with Gasteiger partial charge in [-0.2, -0.15) is 5.10 Å². The van der Waals surface area contributed by atoms with Crippen LogP contribution in [-0.4, -0.2) is 59.0 Å². The molecular weight excluding hydrogens is 499 g/mol. The first kappa shape index (κ1) is 25.8. The molecule has 10 heteroatoms. The second-order valence-corrected chi connectivity index (χ2v) is 8.89. The van der Waals surface area contributed by atoms with Gasteiger partial charge in [0.05, 0.1) is 36.3 Å². The third-order valence-electron chi connectivity index (χ3n) is 6.21. The molecular formula is C29H27FN6O3. The number of hydrogen-bond acceptors (Lipinski definition) is 7. The number of nitrogens with one attached hydrogen (secondary N) is 2. The Hall–Kier alpha value is -4.83. The Balaban J connectivity index is 1.32. The first-order valence-electron chi connectivity index (χ1n) is 12.4. The number of amides is 1. The van der Waals surface area contributed by atoms with E-state index in [1.54, 1.807) is 30.5 Å². The normalized spacial score (nSPS) is 14.4. The van der Waals surface area contributed by atoms with Crippen LogP contribution in [0.5, 0.6) is 11.6 Å². The van der Waals surface area contributed by atoms with Gasteiger partial charge in [-0.3, -0.25) is 14.9 Å². The standard InChI is InChI=1S/C29H27FN6O3/c1-19(14-23(18-31-2)36-10-12-38-13-11-36)20-6-8-26-25(15-20)28(35-34-26)29(37)33-22-7-9-27(32-17-22)39-24-5-3-4-21(30)16-24/h3-9,14-18H,2,10-13H2,1H3,(H,33,37)(H,34,35)/b19-14+,23-18+. The van der Waals surface area contributed by atoms with Crippen molar-refractivity contribution in [3.63, 3.8) is 0 Å². The molecule has 9 nitrogen and oxygen atoms in total. The van der Waals surface area contributed by atoms with Crippen molar-refractivity contribution in [2.75, 3.05) is 31.6 Å². The van der Waals surface area contributed by atoms with E-state index in [1.807, 2.05) is 25.1 Å². The van der Waals surface area contributed by atoms with Gasteiger partial charge in [0.15, 0.2) is 5.69 Å². The lowest BCUT2D eigenvalue weighted by molar-refractivity contribution is 0.0553. The summed E-state index contributed by atoms with van der Waals surface area (Å²) in [5.41, 5.74) is 4.37. The number of rotatable bonds is 8. The predicted octanol–water partition coefficient (Wildman–Crippen LogP) is 5.42. The van der Waals surface area contributed by atoms with Gasteiger partial charge in [-0.25, -0.2) is 9.37 Å². The number of carbonyl (C=O) groups excluding carboxylic acids is 1. The maximum atomic E-state index is 13.4. The molecule has 1 fully saturated rings. The number of nitrogens with zero attached hydrogens (tertiary/aromatic N) is 4. The summed E-state index contributed by atoms with van der Waals surface area (Å²) < 4.78 is 24.4. The van der Waals surface area contributed by atoms with Crippen LogP contribution < -0.4 is 10.1 Å². The maximum Gasteiger partial charge on any atom is 0.276 e. The lowest BCUT2D eigenvalue weighted by Gasteiger charge is -2.29. The van der Waals surface area contributed by atoms with Crippen molar-refractivity contribution in [1.29, 1.82) is 0 Å². The van der Waals surface area contributed by atoms with Crippen LogP contribution in [0.3, 0.4) is 0 Å². The second-order valence-electron chi connectivity index (χ2n) is 8.89. The molecule has 1 aliphatic heterocycles. The van der Waals surface area contributed by atoms with Crippen molar-refractivity contribution in [3.8, 4) is 11.6 Å². The van der Waals surface area contributed by atoms with Crippen molar-refractivity contribution >= 4 is 34.8 Å². The number of pyridine rings is 1. The molecule has 2 aromatic carbocycles. The van der Waals surface area contributed by atoms with E-state index in [4.69, 9.17) is 9.47 Å². The van der Waals surface area contributed by atoms with Gasteiger partial charge in [0.1, 0.15) is 11.6 Å². The van der Waals surface area contributed by atoms with E-state index in [2.05, 4.69) is 43.2 Å². The molecule has 0 atom stereocenters. The number of ether oxygens (including phenoxy) is 2. The molecule has 198 valence electrons. The summed E-state index contributed by atoms with van der Waals surface area (Å²) in [5.74, 6) is -0.187. The summed E-state index contributed by atoms with van der Waals surface area (Å²) in [4.78, 5) is 23.5. The summed E-state index contributed by atoms with van der Waals surface area (Å²) >= 11 is 0. The fraction of sp³-hybridized carbons (Fsp3) is 0.172. The van der Waals surface area contributed by atoms with Gasteiger partial charge in [-0.05, 0) is 61.2 Å². The number of hydrogen-bond donors (Lipinski definition) is 2. The Labute approximate surface area is 224 Å². The number of anilines is 1. The van der Waals surface area contributed by atoms with Crippen molar-refractivity contribution in [2.45, 2.75) is 6.92 Å². The van der Waals surface area contributed by atoms with Gasteiger partial charge < -0.3 is 19.7 Å². The first-order chi connectivity index (χ1) is 19.0. The SMILES string of the molecule is C=N/C=C(\C=C(/C)c1ccc2[nH]nc(C(=O)Nc3ccc(Oc4cccc(F)c4)nc3)c2c1)N1CCOCC1. The summed E-state index contributed by atoms with van der Waals surface area (Å²) in [6, 6.07) is 14.8. The monoisotopic (exact) mass is 526 g/mol. The van der Waals surface area contributed by atoms with Crippen LogP contribution in [0.25, 0.3) is 16.5 Å². The smallest absolute Gasteiger partial charge is 0.276 e. The van der Waals surface area contributed by atoms with Gasteiger partial charge >= 0.3 is 0 Å². The minimum atomic E-state index is -0.403. The highest BCUT2D eigenvalue weighted by Gasteiger charge is 2.17. The molecule has 0 unspecified atom stereocenters. The Bertz CT molecular complexity index is 1560. The average molecular weight is 527 g/mol. The van der Waals surface area contributed by atoms with Crippen molar-refractivity contribution in [2.24, 2.45) is 4.99 Å². The summed E-state index contributed by atoms with van der Waals surface area (Å²) in [6.07, 6.45) is 5.26. The van der Waals surface area contributed by atoms with Gasteiger partial charge in [-0.1, -0.05) is 12.1 Å². The molecule has 1 saturated heterocycles. The first-order valence-corrected chi connectivity index (χ1v) is 12.4. The molecule has 1 aliphatic rings. The molecule has 39 heavy (non-hydrogen) atoms. The maximum absolute atomic E-state index is 13.4. The minimum Gasteiger partial charge on any atom is -0.439 e. The number of allylic oxidation sites excluding steroid dienone is 2. The fourth-order valence-corrected chi connectivity index (χ4v) is 4.22. The number of carbonyl (C=O) groups is 1. The Morgan fingerprint density at radius 3 is 2.79 bits per heavy atom. The zero-order valence-corrected chi connectivity index (χ0v) is 21.4. The van der Waals surface area contributed by atoms with E-state index in [9.17, 15) is 9.18 Å². The number of aromatic amines is 1. The van der Waals surface area contributed by atoms with E-state index in [0.29, 0.717) is 30.0 Å². The fourth-order valence-electron chi connectivity index (χ4n) is 4.22. The van der Waals surface area contributed by atoms with Crippen LogP contribution in [0.2, 0.25) is 0 Å². The van der Waals surface area contributed by atoms with Crippen molar-refractivity contribution in [1.82, 2.24) is 20.1 Å². The van der Waals surface area contributed by atoms with Gasteiger partial charge in [0.2, 0.25) is 5.88 Å². The lowest BCUT2D eigenvalue weighted by atomic mass is 10.0. The molecule has 0 saturated carbocycles. The summed E-state index contributed by atoms with van der Waals surface area (Å²) in [7, 11) is 0. The predicted molar refractivity (Wildman–Crippen MR) is 148 cm³/mol. The third-order valence-corrected chi connectivity index (χ3v) is 6.21. The molecule has 3 heterocycles. The molecule has 4 aromatic rings. The zero-order chi connectivity index (χ0) is 27.2. The van der Waals surface area contributed by atoms with E-state index in [1.165, 1.54) is 18.3 Å². The molecule has 0 bridgehead atoms. The molecule has 1 amide bonds. The van der Waals surface area contributed by atoms with E-state index in [-0.39, 0.29) is 17.5 Å². The number of H-pyrrole nitrogens is 1. The van der Waals surface area contributed by atoms with E-state index in [0.717, 1.165) is 35.4 Å². The number of halogens is 1. The number of aliphatic imine (C=N–C) groups is 1. The highest BCUT2D eigenvalue weighted by atomic mass is 19.1. The van der Waals surface area contributed by atoms with Crippen LogP contribution in [0, 0.1) is 5.82 Å². The average Bonchev–Trinajstić information content (AvgIpc) is 3.38. The van der Waals surface area contributed by atoms with Crippen molar-refractivity contribution in [3.05, 3.63) is 95.8 Å². The Kier molecular flexibility index (Phi) is 7.74. The summed E-state index contributed by atoms with van der Waals surface area (Å²) in [5, 5.41) is 10.7. The highest BCUT2D eigenvalue weighted by molar-refractivity contribution is 6.11. The number of benzene rings is 2. The van der Waals surface area contributed by atoms with Crippen LogP contribution in [0.15, 0.2) is 83.8 Å². The van der Waals surface area contributed by atoms with E-state index < -0.39 is 5.82 Å². The molecule has 2 aromatic heterocycles. The summed E-state index contributed by atoms with van der Waals surface area (Å²) in [6.45, 7) is 8.51. The van der Waals surface area contributed by atoms with Gasteiger partial charge in [-0.15, -0.1) is 0 Å². The molecule has 5 rings (SSSR count). The highest BCUT2D eigenvalue weighted by Crippen LogP contribution is 2.26. The van der Waals surface area contributed by atoms with Gasteiger partial charge in [0.25, 0.3) is 5.91 Å². The van der Waals surface area contributed by atoms with Crippen LogP contribution in [0.1, 0.15) is 23.0 Å². The second kappa shape index (κ2) is 11.7. The number of fused-ring (bicyclic) bond motifs is 1. The quantitative estimate of drug-likeness (QED) is 0.235. The molecule has 0 radical (unpaired) electrons. The zero-order valence-electron chi connectivity index (χ0n) is 21.4. The van der Waals surface area contributed by atoms with Crippen LogP contribution >= 0.6 is 0 Å². The molecule has 0 aliphatic carbocycles. The number of aromatic nitrogens is 3. The van der Waals surface area contributed by atoms with E-state index >= 15 is 0 Å². The Morgan fingerprint density at radius 1 is 1.21 bits per heavy atom. The van der Waals surface area contributed by atoms with Crippen LogP contribution in [0.4, 0.5) is 10.1 Å². The largest absolute Gasteiger partial charge is 0.439 e. The minimum absolute atomic E-state index is 0.261. The number of morpholine rings is 1. The molecule has 0 spiro atoms. The van der Waals surface area contributed by atoms with Gasteiger partial charge in [0, 0.05) is 36.8 Å². The molecule has 2 N–H and O–H groups in total. The lowest BCUT2D eigenvalue weighted by Crippen LogP contribution is -2.35. The topological polar surface area (TPSA) is 105 Å². The van der Waals surface area contributed by atoms with Crippen molar-refractivity contribution < 1.29 is 18.7 Å². The van der Waals surface area contributed by atoms with Crippen LogP contribution in [-0.2, 0) is 4.74 Å².